The molecule has 3 nitrogen and oxygen atoms in total. The predicted molar refractivity (Wildman–Crippen MR) is 49.0 cm³/mol. The highest BCUT2D eigenvalue weighted by molar-refractivity contribution is 5.87. The van der Waals surface area contributed by atoms with Gasteiger partial charge in [-0.05, 0) is 5.56 Å². The number of hydrogen-bond donors (Lipinski definition) is 0. The van der Waals surface area contributed by atoms with Gasteiger partial charge < -0.3 is 4.74 Å². The van der Waals surface area contributed by atoms with Gasteiger partial charge in [-0.2, -0.15) is 5.26 Å². The van der Waals surface area contributed by atoms with E-state index in [2.05, 4.69) is 0 Å². The van der Waals surface area contributed by atoms with Gasteiger partial charge in [0.1, 0.15) is 0 Å². The van der Waals surface area contributed by atoms with Crippen LogP contribution in [0.3, 0.4) is 0 Å². The van der Waals surface area contributed by atoms with Gasteiger partial charge in [0.2, 0.25) is 0 Å². The zero-order chi connectivity index (χ0) is 9.97. The van der Waals surface area contributed by atoms with E-state index < -0.39 is 12.1 Å². The second-order valence-corrected chi connectivity index (χ2v) is 2.94. The van der Waals surface area contributed by atoms with Gasteiger partial charge in [0.15, 0.2) is 6.10 Å². The minimum Gasteiger partial charge on any atom is -0.449 e. The van der Waals surface area contributed by atoms with Crippen molar-refractivity contribution in [3.63, 3.8) is 0 Å². The first-order chi connectivity index (χ1) is 6.81. The molecule has 0 saturated carbocycles. The first-order valence-electron chi connectivity index (χ1n) is 4.18. The van der Waals surface area contributed by atoms with Gasteiger partial charge >= 0.3 is 5.97 Å². The van der Waals surface area contributed by atoms with Gasteiger partial charge in [0.05, 0.1) is 11.6 Å². The number of ether oxygens (including phenoxy) is 1. The molecule has 0 fully saturated rings. The van der Waals surface area contributed by atoms with E-state index in [1.54, 1.807) is 0 Å². The fourth-order valence-electron chi connectivity index (χ4n) is 1.38. The Morgan fingerprint density at radius 2 is 2.00 bits per heavy atom. The van der Waals surface area contributed by atoms with E-state index in [9.17, 15) is 4.79 Å². The predicted octanol–water partition coefficient (Wildman–Crippen LogP) is 1.73. The Labute approximate surface area is 81.2 Å². The lowest BCUT2D eigenvalue weighted by Crippen LogP contribution is -2.01. The van der Waals surface area contributed by atoms with Crippen LogP contribution >= 0.6 is 0 Å². The molecule has 0 aliphatic carbocycles. The standard InChI is InChI=1S/C11H7NO2/c12-7-9-6-10(13)14-11(9)8-4-2-1-3-5-8/h1-6,11H. The molecule has 0 amide bonds. The number of carbonyl (C=O) groups excluding carboxylic acids is 1. The Morgan fingerprint density at radius 3 is 2.64 bits per heavy atom. The Hall–Kier alpha value is -2.08. The van der Waals surface area contributed by atoms with Gasteiger partial charge in [0, 0.05) is 6.08 Å². The van der Waals surface area contributed by atoms with Crippen molar-refractivity contribution in [1.29, 1.82) is 5.26 Å². The highest BCUT2D eigenvalue weighted by atomic mass is 16.5. The van der Waals surface area contributed by atoms with Gasteiger partial charge in [-0.1, -0.05) is 30.3 Å². The number of hydrogen-bond acceptors (Lipinski definition) is 3. The van der Waals surface area contributed by atoms with Crippen molar-refractivity contribution in [2.75, 3.05) is 0 Å². The maximum absolute atomic E-state index is 10.9. The molecule has 0 bridgehead atoms. The fourth-order valence-corrected chi connectivity index (χ4v) is 1.38. The molecular formula is C11H7NO2. The number of benzene rings is 1. The van der Waals surface area contributed by atoms with Crippen molar-refractivity contribution >= 4 is 5.97 Å². The summed E-state index contributed by atoms with van der Waals surface area (Å²) < 4.78 is 5.00. The Bertz CT molecular complexity index is 428. The van der Waals surface area contributed by atoms with Crippen molar-refractivity contribution in [1.82, 2.24) is 0 Å². The molecule has 0 N–H and O–H groups in total. The van der Waals surface area contributed by atoms with Gasteiger partial charge in [-0.25, -0.2) is 4.79 Å². The van der Waals surface area contributed by atoms with E-state index >= 15 is 0 Å². The number of cyclic esters (lactones) is 1. The van der Waals surface area contributed by atoms with Crippen LogP contribution in [0.5, 0.6) is 0 Å². The number of carbonyl (C=O) groups is 1. The third-order valence-corrected chi connectivity index (χ3v) is 2.02. The van der Waals surface area contributed by atoms with Crippen LogP contribution in [0.15, 0.2) is 42.0 Å². The van der Waals surface area contributed by atoms with Crippen LogP contribution in [-0.4, -0.2) is 5.97 Å². The SMILES string of the molecule is N#CC1=CC(=O)OC1c1ccccc1. The minimum atomic E-state index is -0.520. The number of esters is 1. The number of nitrogens with zero attached hydrogens (tertiary/aromatic N) is 1. The van der Waals surface area contributed by atoms with Crippen molar-refractivity contribution in [2.45, 2.75) is 6.10 Å². The molecule has 1 aliphatic rings. The topological polar surface area (TPSA) is 50.1 Å². The Morgan fingerprint density at radius 1 is 1.29 bits per heavy atom. The average Bonchev–Trinajstić information content (AvgIpc) is 2.61. The summed E-state index contributed by atoms with van der Waals surface area (Å²) in [5.74, 6) is -0.449. The normalized spacial score (nSPS) is 19.8. The third-order valence-electron chi connectivity index (χ3n) is 2.02. The van der Waals surface area contributed by atoms with E-state index in [0.717, 1.165) is 5.56 Å². The van der Waals surface area contributed by atoms with Crippen molar-refractivity contribution < 1.29 is 9.53 Å². The highest BCUT2D eigenvalue weighted by Gasteiger charge is 2.27. The molecule has 1 atom stereocenters. The molecule has 1 aromatic rings. The van der Waals surface area contributed by atoms with Gasteiger partial charge in [0.25, 0.3) is 0 Å². The summed E-state index contributed by atoms with van der Waals surface area (Å²) in [5.41, 5.74) is 1.19. The second-order valence-electron chi connectivity index (χ2n) is 2.94. The van der Waals surface area contributed by atoms with E-state index in [4.69, 9.17) is 10.00 Å². The maximum Gasteiger partial charge on any atom is 0.332 e. The van der Waals surface area contributed by atoms with Crippen molar-refractivity contribution in [2.24, 2.45) is 0 Å². The lowest BCUT2D eigenvalue weighted by atomic mass is 10.0. The van der Waals surface area contributed by atoms with Crippen LogP contribution in [0.1, 0.15) is 11.7 Å². The lowest BCUT2D eigenvalue weighted by molar-refractivity contribution is -0.138. The van der Waals surface area contributed by atoms with E-state index in [0.29, 0.717) is 5.57 Å². The molecule has 68 valence electrons. The van der Waals surface area contributed by atoms with Crippen LogP contribution in [0.4, 0.5) is 0 Å². The van der Waals surface area contributed by atoms with Gasteiger partial charge in [-0.15, -0.1) is 0 Å². The summed E-state index contributed by atoms with van der Waals surface area (Å²) in [4.78, 5) is 10.9. The molecule has 0 saturated heterocycles. The molecule has 1 aromatic carbocycles. The van der Waals surface area contributed by atoms with E-state index in [-0.39, 0.29) is 0 Å². The zero-order valence-electron chi connectivity index (χ0n) is 7.31. The van der Waals surface area contributed by atoms with Crippen LogP contribution < -0.4 is 0 Å². The van der Waals surface area contributed by atoms with Crippen molar-refractivity contribution in [3.8, 4) is 6.07 Å². The highest BCUT2D eigenvalue weighted by Crippen LogP contribution is 2.29. The zero-order valence-corrected chi connectivity index (χ0v) is 7.31. The summed E-state index contributed by atoms with van der Waals surface area (Å²) in [7, 11) is 0. The number of nitriles is 1. The molecule has 1 unspecified atom stereocenters. The first kappa shape index (κ1) is 8.52. The maximum atomic E-state index is 10.9. The van der Waals surface area contributed by atoms with Crippen LogP contribution in [-0.2, 0) is 9.53 Å². The number of rotatable bonds is 1. The smallest absolute Gasteiger partial charge is 0.332 e. The Balaban J connectivity index is 2.35. The van der Waals surface area contributed by atoms with Crippen molar-refractivity contribution in [3.05, 3.63) is 47.5 Å². The summed E-state index contributed by atoms with van der Waals surface area (Å²) in [6.45, 7) is 0. The molecule has 0 aromatic heterocycles. The minimum absolute atomic E-state index is 0.362. The van der Waals surface area contributed by atoms with E-state index in [1.807, 2.05) is 36.4 Å². The lowest BCUT2D eigenvalue weighted by Gasteiger charge is -2.09. The van der Waals surface area contributed by atoms with Crippen LogP contribution in [0.25, 0.3) is 0 Å². The molecule has 2 rings (SSSR count). The molecule has 1 heterocycles. The largest absolute Gasteiger partial charge is 0.449 e. The molecule has 3 heteroatoms. The summed E-state index contributed by atoms with van der Waals surface area (Å²) in [5, 5.41) is 8.77. The first-order valence-corrected chi connectivity index (χ1v) is 4.18. The monoisotopic (exact) mass is 185 g/mol. The van der Waals surface area contributed by atoms with E-state index in [1.165, 1.54) is 6.08 Å². The average molecular weight is 185 g/mol. The molecular weight excluding hydrogens is 178 g/mol. The third kappa shape index (κ3) is 1.38. The van der Waals surface area contributed by atoms with Crippen LogP contribution in [0, 0.1) is 11.3 Å². The summed E-state index contributed by atoms with van der Waals surface area (Å²) in [6, 6.07) is 11.2. The quantitative estimate of drug-likeness (QED) is 0.626. The molecule has 0 spiro atoms. The molecule has 14 heavy (non-hydrogen) atoms. The Kier molecular flexibility index (Phi) is 2.04. The summed E-state index contributed by atoms with van der Waals surface area (Å²) >= 11 is 0. The molecule has 0 radical (unpaired) electrons. The second kappa shape index (κ2) is 3.35. The molecule has 1 aliphatic heterocycles. The van der Waals surface area contributed by atoms with Gasteiger partial charge in [-0.3, -0.25) is 0 Å². The summed E-state index contributed by atoms with van der Waals surface area (Å²) in [6.07, 6.45) is 0.714. The fraction of sp³-hybridized carbons (Fsp3) is 0.0909. The van der Waals surface area contributed by atoms with Crippen LogP contribution in [0.2, 0.25) is 0 Å².